The molecule has 0 aliphatic carbocycles. The van der Waals surface area contributed by atoms with E-state index in [9.17, 15) is 4.79 Å². The molecule has 1 aromatic rings. The molecule has 21 heavy (non-hydrogen) atoms. The Morgan fingerprint density at radius 1 is 1.29 bits per heavy atom. The lowest BCUT2D eigenvalue weighted by Crippen LogP contribution is -2.28. The molecule has 0 spiro atoms. The smallest absolute Gasteiger partial charge is 0.221 e. The first-order valence-electron chi connectivity index (χ1n) is 7.24. The highest BCUT2D eigenvalue weighted by molar-refractivity contribution is 5.85. The molecular weight excluding hydrogens is 288 g/mol. The Labute approximate surface area is 133 Å². The van der Waals surface area contributed by atoms with E-state index < -0.39 is 0 Å². The third kappa shape index (κ3) is 9.45. The Hall–Kier alpha value is -1.10. The topological polar surface area (TPSA) is 64.3 Å². The van der Waals surface area contributed by atoms with Crippen molar-refractivity contribution in [2.75, 3.05) is 19.8 Å². The normalized spacial score (nSPS) is 11.8. The maximum absolute atomic E-state index is 11.7. The highest BCUT2D eigenvalue weighted by Crippen LogP contribution is 2.12. The fourth-order valence-electron chi connectivity index (χ4n) is 1.81. The summed E-state index contributed by atoms with van der Waals surface area (Å²) in [6.45, 7) is 6.33. The SMILES string of the molecule is CC(C)COCCCNC(=O)CC(N)c1ccccc1.Cl. The van der Waals surface area contributed by atoms with Crippen molar-refractivity contribution in [2.45, 2.75) is 32.7 Å². The van der Waals surface area contributed by atoms with E-state index in [0.717, 1.165) is 18.6 Å². The Morgan fingerprint density at radius 3 is 2.57 bits per heavy atom. The van der Waals surface area contributed by atoms with Gasteiger partial charge in [0.15, 0.2) is 0 Å². The molecule has 1 rings (SSSR count). The summed E-state index contributed by atoms with van der Waals surface area (Å²) in [6.07, 6.45) is 1.15. The van der Waals surface area contributed by atoms with Gasteiger partial charge in [0.25, 0.3) is 0 Å². The Morgan fingerprint density at radius 2 is 1.95 bits per heavy atom. The van der Waals surface area contributed by atoms with E-state index >= 15 is 0 Å². The molecule has 0 saturated heterocycles. The number of nitrogens with two attached hydrogens (primary N) is 1. The molecule has 1 atom stereocenters. The molecule has 1 unspecified atom stereocenters. The molecule has 3 N–H and O–H groups in total. The Kier molecular flexibility index (Phi) is 10.9. The van der Waals surface area contributed by atoms with Crippen LogP contribution in [0.15, 0.2) is 30.3 Å². The van der Waals surface area contributed by atoms with Crippen LogP contribution in [0.3, 0.4) is 0 Å². The van der Waals surface area contributed by atoms with Crippen molar-refractivity contribution < 1.29 is 9.53 Å². The number of amides is 1. The lowest BCUT2D eigenvalue weighted by atomic mass is 10.0. The van der Waals surface area contributed by atoms with Crippen LogP contribution < -0.4 is 11.1 Å². The van der Waals surface area contributed by atoms with Gasteiger partial charge in [-0.1, -0.05) is 44.2 Å². The molecule has 0 saturated carbocycles. The van der Waals surface area contributed by atoms with Crippen LogP contribution >= 0.6 is 12.4 Å². The monoisotopic (exact) mass is 314 g/mol. The molecule has 0 aromatic heterocycles. The fraction of sp³-hybridized carbons (Fsp3) is 0.562. The fourth-order valence-corrected chi connectivity index (χ4v) is 1.81. The van der Waals surface area contributed by atoms with Gasteiger partial charge in [-0.15, -0.1) is 12.4 Å². The standard InChI is InChI=1S/C16H26N2O2.ClH/c1-13(2)12-20-10-6-9-18-16(19)11-15(17)14-7-4-3-5-8-14;/h3-5,7-8,13,15H,6,9-12,17H2,1-2H3,(H,18,19);1H. The van der Waals surface area contributed by atoms with Gasteiger partial charge in [0.1, 0.15) is 0 Å². The van der Waals surface area contributed by atoms with Crippen molar-refractivity contribution in [3.05, 3.63) is 35.9 Å². The second-order valence-electron chi connectivity index (χ2n) is 5.39. The summed E-state index contributed by atoms with van der Waals surface area (Å²) in [5.74, 6) is 0.540. The van der Waals surface area contributed by atoms with Gasteiger partial charge < -0.3 is 15.8 Å². The minimum Gasteiger partial charge on any atom is -0.381 e. The summed E-state index contributed by atoms with van der Waals surface area (Å²) >= 11 is 0. The molecule has 4 nitrogen and oxygen atoms in total. The number of ether oxygens (including phenoxy) is 1. The maximum Gasteiger partial charge on any atom is 0.221 e. The lowest BCUT2D eigenvalue weighted by molar-refractivity contribution is -0.121. The van der Waals surface area contributed by atoms with Crippen molar-refractivity contribution >= 4 is 18.3 Å². The zero-order valence-corrected chi connectivity index (χ0v) is 13.7. The molecular formula is C16H27ClN2O2. The summed E-state index contributed by atoms with van der Waals surface area (Å²) in [5.41, 5.74) is 6.98. The highest BCUT2D eigenvalue weighted by Gasteiger charge is 2.10. The summed E-state index contributed by atoms with van der Waals surface area (Å²) in [7, 11) is 0. The van der Waals surface area contributed by atoms with Crippen LogP contribution in [-0.4, -0.2) is 25.7 Å². The summed E-state index contributed by atoms with van der Waals surface area (Å²) in [4.78, 5) is 11.7. The summed E-state index contributed by atoms with van der Waals surface area (Å²) in [5, 5.41) is 2.87. The van der Waals surface area contributed by atoms with Crippen molar-refractivity contribution in [3.63, 3.8) is 0 Å². The van der Waals surface area contributed by atoms with Gasteiger partial charge in [-0.3, -0.25) is 4.79 Å². The van der Waals surface area contributed by atoms with Gasteiger partial charge in [0, 0.05) is 32.2 Å². The van der Waals surface area contributed by atoms with Crippen molar-refractivity contribution in [1.82, 2.24) is 5.32 Å². The molecule has 0 aliphatic rings. The molecule has 0 heterocycles. The largest absolute Gasteiger partial charge is 0.381 e. The second-order valence-corrected chi connectivity index (χ2v) is 5.39. The first-order chi connectivity index (χ1) is 9.59. The quantitative estimate of drug-likeness (QED) is 0.689. The third-order valence-corrected chi connectivity index (χ3v) is 2.87. The number of carbonyl (C=O) groups excluding carboxylic acids is 1. The number of nitrogens with one attached hydrogen (secondary N) is 1. The number of rotatable bonds is 9. The average molecular weight is 315 g/mol. The molecule has 5 heteroatoms. The van der Waals surface area contributed by atoms with Gasteiger partial charge in [-0.25, -0.2) is 0 Å². The van der Waals surface area contributed by atoms with E-state index in [1.54, 1.807) is 0 Å². The van der Waals surface area contributed by atoms with Crippen LogP contribution in [0.1, 0.15) is 38.3 Å². The minimum atomic E-state index is -0.242. The van der Waals surface area contributed by atoms with E-state index in [4.69, 9.17) is 10.5 Å². The Balaban J connectivity index is 0.00000400. The minimum absolute atomic E-state index is 0. The number of carbonyl (C=O) groups is 1. The van der Waals surface area contributed by atoms with Gasteiger partial charge in [0.2, 0.25) is 5.91 Å². The van der Waals surface area contributed by atoms with Crippen molar-refractivity contribution in [2.24, 2.45) is 11.7 Å². The number of hydrogen-bond donors (Lipinski definition) is 2. The van der Waals surface area contributed by atoms with Gasteiger partial charge in [-0.2, -0.15) is 0 Å². The predicted molar refractivity (Wildman–Crippen MR) is 88.5 cm³/mol. The second kappa shape index (κ2) is 11.5. The summed E-state index contributed by atoms with van der Waals surface area (Å²) in [6, 6.07) is 9.44. The van der Waals surface area contributed by atoms with E-state index in [-0.39, 0.29) is 24.4 Å². The van der Waals surface area contributed by atoms with Crippen LogP contribution in [0.5, 0.6) is 0 Å². The van der Waals surface area contributed by atoms with E-state index in [1.807, 2.05) is 30.3 Å². The van der Waals surface area contributed by atoms with Crippen molar-refractivity contribution in [3.8, 4) is 0 Å². The van der Waals surface area contributed by atoms with Gasteiger partial charge in [-0.05, 0) is 17.9 Å². The molecule has 0 bridgehead atoms. The van der Waals surface area contributed by atoms with Crippen LogP contribution in [0.2, 0.25) is 0 Å². The zero-order chi connectivity index (χ0) is 14.8. The molecule has 120 valence electrons. The van der Waals surface area contributed by atoms with E-state index in [1.165, 1.54) is 0 Å². The van der Waals surface area contributed by atoms with Crippen LogP contribution in [0.4, 0.5) is 0 Å². The lowest BCUT2D eigenvalue weighted by Gasteiger charge is -2.12. The number of benzene rings is 1. The number of halogens is 1. The van der Waals surface area contributed by atoms with Gasteiger partial charge in [0.05, 0.1) is 0 Å². The van der Waals surface area contributed by atoms with Crippen LogP contribution in [0, 0.1) is 5.92 Å². The maximum atomic E-state index is 11.7. The third-order valence-electron chi connectivity index (χ3n) is 2.87. The Bertz CT molecular complexity index is 385. The first-order valence-corrected chi connectivity index (χ1v) is 7.24. The van der Waals surface area contributed by atoms with Crippen LogP contribution in [0.25, 0.3) is 0 Å². The molecule has 0 aliphatic heterocycles. The van der Waals surface area contributed by atoms with Gasteiger partial charge >= 0.3 is 0 Å². The molecule has 0 fully saturated rings. The molecule has 1 aromatic carbocycles. The van der Waals surface area contributed by atoms with Crippen LogP contribution in [-0.2, 0) is 9.53 Å². The zero-order valence-electron chi connectivity index (χ0n) is 12.9. The summed E-state index contributed by atoms with van der Waals surface area (Å²) < 4.78 is 5.45. The van der Waals surface area contributed by atoms with Crippen molar-refractivity contribution in [1.29, 1.82) is 0 Å². The first kappa shape index (κ1) is 19.9. The number of hydrogen-bond acceptors (Lipinski definition) is 3. The molecule has 0 radical (unpaired) electrons. The average Bonchev–Trinajstić information content (AvgIpc) is 2.43. The van der Waals surface area contributed by atoms with E-state index in [2.05, 4.69) is 19.2 Å². The predicted octanol–water partition coefficient (Wildman–Crippen LogP) is 2.68. The highest BCUT2D eigenvalue weighted by atomic mass is 35.5. The van der Waals surface area contributed by atoms with E-state index in [0.29, 0.717) is 25.5 Å². The molecule has 1 amide bonds.